The lowest BCUT2D eigenvalue weighted by Gasteiger charge is -2.02. The Morgan fingerprint density at radius 1 is 1.04 bits per heavy atom. The molecule has 0 aliphatic carbocycles. The molecule has 0 saturated carbocycles. The average Bonchev–Trinajstić information content (AvgIpc) is 2.92. The molecule has 0 aliphatic heterocycles. The van der Waals surface area contributed by atoms with Crippen LogP contribution < -0.4 is 17.0 Å². The second-order valence-electron chi connectivity index (χ2n) is 5.09. The molecule has 1 heterocycles. The summed E-state index contributed by atoms with van der Waals surface area (Å²) < 4.78 is 30.0. The van der Waals surface area contributed by atoms with Crippen molar-refractivity contribution in [2.75, 3.05) is 0 Å². The third-order valence-electron chi connectivity index (χ3n) is 3.35. The highest BCUT2D eigenvalue weighted by atomic mass is 35.5. The summed E-state index contributed by atoms with van der Waals surface area (Å²) in [5.41, 5.74) is 1.26. The summed E-state index contributed by atoms with van der Waals surface area (Å²) in [4.78, 5) is 0. The molecule has 3 nitrogen and oxygen atoms in total. The summed E-state index contributed by atoms with van der Waals surface area (Å²) in [5, 5.41) is 5.32. The van der Waals surface area contributed by atoms with Gasteiger partial charge in [0.15, 0.2) is 0 Å². The normalized spacial score (nSPS) is 10.5. The lowest BCUT2D eigenvalue weighted by molar-refractivity contribution is -0.689. The van der Waals surface area contributed by atoms with E-state index < -0.39 is 11.6 Å². The lowest BCUT2D eigenvalue weighted by Crippen LogP contribution is -3.00. The van der Waals surface area contributed by atoms with E-state index in [9.17, 15) is 8.78 Å². The first-order valence-electron chi connectivity index (χ1n) is 6.80. The van der Waals surface area contributed by atoms with Gasteiger partial charge >= 0.3 is 0 Å². The van der Waals surface area contributed by atoms with Gasteiger partial charge in [-0.05, 0) is 24.3 Å². The first-order valence-corrected chi connectivity index (χ1v) is 7.56. The van der Waals surface area contributed by atoms with Crippen molar-refractivity contribution in [1.29, 1.82) is 0 Å². The van der Waals surface area contributed by atoms with E-state index in [1.807, 2.05) is 10.6 Å². The highest BCUT2D eigenvalue weighted by Crippen LogP contribution is 2.20. The third-order valence-corrected chi connectivity index (χ3v) is 3.93. The van der Waals surface area contributed by atoms with Crippen molar-refractivity contribution >= 4 is 23.2 Å². The third kappa shape index (κ3) is 4.44. The van der Waals surface area contributed by atoms with Crippen LogP contribution in [0.3, 0.4) is 0 Å². The molecule has 1 aromatic heterocycles. The topological polar surface area (TPSA) is 21.7 Å². The molecule has 2 aromatic carbocycles. The first-order chi connectivity index (χ1) is 11.0. The minimum absolute atomic E-state index is 0. The Kier molecular flexibility index (Phi) is 6.15. The van der Waals surface area contributed by atoms with Gasteiger partial charge in [-0.25, -0.2) is 13.3 Å². The SMILES string of the molecule is Fc1ccc(Cn2c[n+](Cc3ccc(Cl)cc3Cl)cn2)c(F)c1.[Cl-]. The highest BCUT2D eigenvalue weighted by Gasteiger charge is 2.12. The summed E-state index contributed by atoms with van der Waals surface area (Å²) in [6, 6.07) is 8.78. The summed E-state index contributed by atoms with van der Waals surface area (Å²) in [6.07, 6.45) is 3.35. The van der Waals surface area contributed by atoms with E-state index in [0.29, 0.717) is 22.2 Å². The maximum Gasteiger partial charge on any atom is 0.265 e. The van der Waals surface area contributed by atoms with Crippen LogP contribution in [-0.2, 0) is 13.1 Å². The van der Waals surface area contributed by atoms with Crippen LogP contribution in [0, 0.1) is 11.6 Å². The quantitative estimate of drug-likeness (QED) is 0.606. The molecule has 3 aromatic rings. The van der Waals surface area contributed by atoms with E-state index >= 15 is 0 Å². The van der Waals surface area contributed by atoms with Gasteiger partial charge in [-0.15, -0.1) is 4.68 Å². The maximum absolute atomic E-state index is 13.7. The summed E-state index contributed by atoms with van der Waals surface area (Å²) >= 11 is 12.0. The molecule has 0 N–H and O–H groups in total. The molecule has 8 heteroatoms. The fourth-order valence-corrected chi connectivity index (χ4v) is 2.67. The van der Waals surface area contributed by atoms with Gasteiger partial charge in [0.2, 0.25) is 6.33 Å². The van der Waals surface area contributed by atoms with E-state index in [2.05, 4.69) is 5.10 Å². The minimum Gasteiger partial charge on any atom is -1.00 e. The average molecular weight is 391 g/mol. The van der Waals surface area contributed by atoms with Crippen molar-refractivity contribution in [2.24, 2.45) is 0 Å². The Labute approximate surface area is 153 Å². The molecule has 0 aliphatic rings. The van der Waals surface area contributed by atoms with E-state index in [4.69, 9.17) is 23.2 Å². The molecule has 0 spiro atoms. The van der Waals surface area contributed by atoms with Gasteiger partial charge < -0.3 is 12.4 Å². The predicted molar refractivity (Wildman–Crippen MR) is 83.4 cm³/mol. The van der Waals surface area contributed by atoms with Crippen molar-refractivity contribution in [3.05, 3.63) is 81.9 Å². The van der Waals surface area contributed by atoms with Gasteiger partial charge in [0.25, 0.3) is 6.33 Å². The molecule has 3 rings (SSSR count). The number of rotatable bonds is 4. The standard InChI is InChI=1S/C16H12Cl2F2N3.ClH/c17-13-3-1-11(15(18)5-13)7-22-9-21-23(10-22)8-12-2-4-14(19)6-16(12)20;/h1-6,9-10H,7-8H2;1H/q+1;/p-1. The smallest absolute Gasteiger partial charge is 0.265 e. The van der Waals surface area contributed by atoms with Crippen molar-refractivity contribution in [1.82, 2.24) is 9.78 Å². The maximum atomic E-state index is 13.7. The Morgan fingerprint density at radius 2 is 1.79 bits per heavy atom. The van der Waals surface area contributed by atoms with Gasteiger partial charge in [-0.1, -0.05) is 29.3 Å². The fourth-order valence-electron chi connectivity index (χ4n) is 2.20. The highest BCUT2D eigenvalue weighted by molar-refractivity contribution is 6.35. The molecule has 0 fully saturated rings. The van der Waals surface area contributed by atoms with Gasteiger partial charge in [-0.3, -0.25) is 0 Å². The second-order valence-corrected chi connectivity index (χ2v) is 5.93. The van der Waals surface area contributed by atoms with Crippen LogP contribution in [0.1, 0.15) is 11.1 Å². The number of hydrogen-bond acceptors (Lipinski definition) is 1. The number of aromatic nitrogens is 3. The predicted octanol–water partition coefficient (Wildman–Crippen LogP) is 0.856. The summed E-state index contributed by atoms with van der Waals surface area (Å²) in [7, 11) is 0. The zero-order valence-electron chi connectivity index (χ0n) is 12.3. The number of hydrogen-bond donors (Lipinski definition) is 0. The molecule has 0 radical (unpaired) electrons. The number of halogens is 5. The van der Waals surface area contributed by atoms with Crippen LogP contribution in [0.25, 0.3) is 0 Å². The number of benzene rings is 2. The molecular formula is C16H12Cl3F2N3. The van der Waals surface area contributed by atoms with Gasteiger partial charge in [0, 0.05) is 32.3 Å². The Morgan fingerprint density at radius 3 is 2.50 bits per heavy atom. The Balaban J connectivity index is 0.00000208. The van der Waals surface area contributed by atoms with Crippen molar-refractivity contribution in [3.63, 3.8) is 0 Å². The van der Waals surface area contributed by atoms with Crippen molar-refractivity contribution < 1.29 is 25.8 Å². The van der Waals surface area contributed by atoms with Gasteiger partial charge in [0.05, 0.1) is 6.54 Å². The molecule has 0 amide bonds. The van der Waals surface area contributed by atoms with Gasteiger partial charge in [-0.2, -0.15) is 0 Å². The van der Waals surface area contributed by atoms with Gasteiger partial charge in [0.1, 0.15) is 18.2 Å². The number of nitrogens with zero attached hydrogens (tertiary/aromatic N) is 3. The molecule has 0 unspecified atom stereocenters. The first kappa shape index (κ1) is 18.6. The Bertz CT molecular complexity index is 784. The monoisotopic (exact) mass is 389 g/mol. The molecule has 24 heavy (non-hydrogen) atoms. The zero-order valence-corrected chi connectivity index (χ0v) is 14.5. The van der Waals surface area contributed by atoms with Crippen molar-refractivity contribution in [2.45, 2.75) is 13.1 Å². The molecule has 0 atom stereocenters. The van der Waals surface area contributed by atoms with E-state index in [1.165, 1.54) is 12.1 Å². The van der Waals surface area contributed by atoms with Crippen LogP contribution in [0.15, 0.2) is 49.1 Å². The summed E-state index contributed by atoms with van der Waals surface area (Å²) in [6.45, 7) is 0.732. The second kappa shape index (κ2) is 7.92. The molecular weight excluding hydrogens is 379 g/mol. The van der Waals surface area contributed by atoms with Crippen LogP contribution in [-0.4, -0.2) is 9.78 Å². The van der Waals surface area contributed by atoms with Crippen LogP contribution >= 0.6 is 23.2 Å². The molecule has 0 saturated heterocycles. The van der Waals surface area contributed by atoms with E-state index in [0.717, 1.165) is 11.6 Å². The lowest BCUT2D eigenvalue weighted by atomic mass is 10.2. The largest absolute Gasteiger partial charge is 1.00 e. The van der Waals surface area contributed by atoms with Crippen molar-refractivity contribution in [3.8, 4) is 0 Å². The minimum atomic E-state index is -0.598. The van der Waals surface area contributed by atoms with E-state index in [1.54, 1.807) is 29.5 Å². The Hall–Kier alpha value is -1.69. The fraction of sp³-hybridized carbons (Fsp3) is 0.125. The molecule has 126 valence electrons. The van der Waals surface area contributed by atoms with Crippen LogP contribution in [0.2, 0.25) is 10.0 Å². The van der Waals surface area contributed by atoms with E-state index in [-0.39, 0.29) is 19.0 Å². The summed E-state index contributed by atoms with van der Waals surface area (Å²) in [5.74, 6) is -1.19. The zero-order chi connectivity index (χ0) is 16.4. The van der Waals surface area contributed by atoms with Crippen LogP contribution in [0.4, 0.5) is 8.78 Å². The molecule has 0 bridgehead atoms. The van der Waals surface area contributed by atoms with Crippen LogP contribution in [0.5, 0.6) is 0 Å².